The summed E-state index contributed by atoms with van der Waals surface area (Å²) in [5.41, 5.74) is 2.03. The Hall–Kier alpha value is -2.00. The van der Waals surface area contributed by atoms with Crippen molar-refractivity contribution in [2.75, 3.05) is 13.1 Å². The highest BCUT2D eigenvalue weighted by atomic mass is 15.1. The molecule has 0 unspecified atom stereocenters. The van der Waals surface area contributed by atoms with Crippen molar-refractivity contribution >= 4 is 0 Å². The highest BCUT2D eigenvalue weighted by Gasteiger charge is 2.17. The van der Waals surface area contributed by atoms with E-state index in [0.29, 0.717) is 0 Å². The molecule has 0 N–H and O–H groups in total. The van der Waals surface area contributed by atoms with Crippen LogP contribution in [0.2, 0.25) is 0 Å². The number of likely N-dealkylation sites (tertiary alicyclic amines) is 1. The molecular weight excluding hydrogens is 222 g/mol. The Morgan fingerprint density at radius 2 is 1.78 bits per heavy atom. The van der Waals surface area contributed by atoms with Gasteiger partial charge in [-0.15, -0.1) is 0 Å². The molecule has 0 aromatic heterocycles. The van der Waals surface area contributed by atoms with Crippen molar-refractivity contribution in [3.63, 3.8) is 0 Å². The van der Waals surface area contributed by atoms with Gasteiger partial charge >= 0.3 is 0 Å². The maximum atomic E-state index is 8.78. The van der Waals surface area contributed by atoms with Crippen LogP contribution in [-0.4, -0.2) is 18.0 Å². The quantitative estimate of drug-likeness (QED) is 0.762. The van der Waals surface area contributed by atoms with Gasteiger partial charge in [0.15, 0.2) is 6.19 Å². The molecule has 0 bridgehead atoms. The van der Waals surface area contributed by atoms with E-state index in [1.807, 2.05) is 29.2 Å². The van der Waals surface area contributed by atoms with Crippen LogP contribution >= 0.6 is 0 Å². The number of nitrogens with zero attached hydrogens (tertiary/aromatic N) is 3. The maximum Gasteiger partial charge on any atom is 0.179 e. The van der Waals surface area contributed by atoms with Crippen molar-refractivity contribution in [2.24, 2.45) is 5.92 Å². The molecule has 0 atom stereocenters. The van der Waals surface area contributed by atoms with Crippen LogP contribution in [0.3, 0.4) is 0 Å². The molecule has 2 rings (SSSR count). The Morgan fingerprint density at radius 1 is 1.11 bits per heavy atom. The zero-order chi connectivity index (χ0) is 12.8. The van der Waals surface area contributed by atoms with Gasteiger partial charge in [-0.05, 0) is 49.3 Å². The van der Waals surface area contributed by atoms with Gasteiger partial charge < -0.3 is 4.90 Å². The van der Waals surface area contributed by atoms with Crippen LogP contribution in [0.25, 0.3) is 0 Å². The molecule has 1 fully saturated rings. The number of benzene rings is 1. The SMILES string of the molecule is N#Cc1ccc(CCC2CCN(C#N)CC2)cc1. The minimum absolute atomic E-state index is 0.723. The highest BCUT2D eigenvalue weighted by Crippen LogP contribution is 2.22. The molecule has 3 heteroatoms. The van der Waals surface area contributed by atoms with Gasteiger partial charge in [-0.25, -0.2) is 0 Å². The summed E-state index contributed by atoms with van der Waals surface area (Å²) in [5.74, 6) is 0.741. The average Bonchev–Trinajstić information content (AvgIpc) is 2.46. The standard InChI is InChI=1S/C15H17N3/c16-11-15-5-3-13(4-6-15)1-2-14-7-9-18(12-17)10-8-14/h3-6,14H,1-2,7-10H2. The van der Waals surface area contributed by atoms with Crippen molar-refractivity contribution in [3.8, 4) is 12.3 Å². The number of rotatable bonds is 3. The first-order valence-corrected chi connectivity index (χ1v) is 6.45. The highest BCUT2D eigenvalue weighted by molar-refractivity contribution is 5.31. The number of aryl methyl sites for hydroxylation is 1. The number of nitriles is 2. The third kappa shape index (κ3) is 3.25. The predicted octanol–water partition coefficient (Wildman–Crippen LogP) is 2.68. The van der Waals surface area contributed by atoms with Gasteiger partial charge in [0.25, 0.3) is 0 Å². The molecule has 0 radical (unpaired) electrons. The number of hydrogen-bond donors (Lipinski definition) is 0. The second-order valence-corrected chi connectivity index (χ2v) is 4.88. The second kappa shape index (κ2) is 6.07. The van der Waals surface area contributed by atoms with E-state index in [0.717, 1.165) is 43.8 Å². The topological polar surface area (TPSA) is 50.8 Å². The predicted molar refractivity (Wildman–Crippen MR) is 69.4 cm³/mol. The molecular formula is C15H17N3. The maximum absolute atomic E-state index is 8.78. The molecule has 1 aromatic carbocycles. The van der Waals surface area contributed by atoms with E-state index in [4.69, 9.17) is 10.5 Å². The van der Waals surface area contributed by atoms with Crippen LogP contribution in [0.5, 0.6) is 0 Å². The van der Waals surface area contributed by atoms with Crippen LogP contribution < -0.4 is 0 Å². The van der Waals surface area contributed by atoms with E-state index in [2.05, 4.69) is 12.3 Å². The zero-order valence-electron chi connectivity index (χ0n) is 10.5. The van der Waals surface area contributed by atoms with Crippen LogP contribution in [0.15, 0.2) is 24.3 Å². The molecule has 0 saturated carbocycles. The Labute approximate surface area is 108 Å². The number of hydrogen-bond acceptors (Lipinski definition) is 3. The molecule has 92 valence electrons. The second-order valence-electron chi connectivity index (χ2n) is 4.88. The fourth-order valence-electron chi connectivity index (χ4n) is 2.44. The minimum atomic E-state index is 0.723. The summed E-state index contributed by atoms with van der Waals surface area (Å²) >= 11 is 0. The van der Waals surface area contributed by atoms with Crippen molar-refractivity contribution < 1.29 is 0 Å². The Morgan fingerprint density at radius 3 is 2.33 bits per heavy atom. The van der Waals surface area contributed by atoms with Gasteiger partial charge in [0.05, 0.1) is 11.6 Å². The molecule has 1 aliphatic heterocycles. The summed E-state index contributed by atoms with van der Waals surface area (Å²) in [4.78, 5) is 1.85. The van der Waals surface area contributed by atoms with Crippen molar-refractivity contribution in [3.05, 3.63) is 35.4 Å². The first kappa shape index (κ1) is 12.5. The molecule has 1 aliphatic rings. The van der Waals surface area contributed by atoms with Crippen LogP contribution in [-0.2, 0) is 6.42 Å². The van der Waals surface area contributed by atoms with Gasteiger partial charge in [0, 0.05) is 13.1 Å². The number of piperidine rings is 1. The summed E-state index contributed by atoms with van der Waals surface area (Å²) < 4.78 is 0. The average molecular weight is 239 g/mol. The fourth-order valence-corrected chi connectivity index (χ4v) is 2.44. The summed E-state index contributed by atoms with van der Waals surface area (Å²) in [6.07, 6.45) is 6.73. The van der Waals surface area contributed by atoms with Gasteiger partial charge in [-0.2, -0.15) is 10.5 Å². The summed E-state index contributed by atoms with van der Waals surface area (Å²) in [5, 5.41) is 17.5. The Bertz CT molecular complexity index is 456. The smallest absolute Gasteiger partial charge is 0.179 e. The molecule has 18 heavy (non-hydrogen) atoms. The lowest BCUT2D eigenvalue weighted by Crippen LogP contribution is -2.29. The van der Waals surface area contributed by atoms with E-state index in [-0.39, 0.29) is 0 Å². The Balaban J connectivity index is 1.78. The van der Waals surface area contributed by atoms with Crippen molar-refractivity contribution in [1.29, 1.82) is 10.5 Å². The molecule has 1 heterocycles. The lowest BCUT2D eigenvalue weighted by molar-refractivity contribution is 0.243. The monoisotopic (exact) mass is 239 g/mol. The zero-order valence-corrected chi connectivity index (χ0v) is 10.5. The molecule has 0 spiro atoms. The molecule has 0 amide bonds. The first-order valence-electron chi connectivity index (χ1n) is 6.45. The summed E-state index contributed by atoms with van der Waals surface area (Å²) in [7, 11) is 0. The third-order valence-corrected chi connectivity index (χ3v) is 3.68. The largest absolute Gasteiger partial charge is 0.311 e. The van der Waals surface area contributed by atoms with Gasteiger partial charge in [-0.1, -0.05) is 12.1 Å². The van der Waals surface area contributed by atoms with Crippen molar-refractivity contribution in [2.45, 2.75) is 25.7 Å². The molecule has 0 aliphatic carbocycles. The minimum Gasteiger partial charge on any atom is -0.311 e. The molecule has 1 aromatic rings. The van der Waals surface area contributed by atoms with Crippen LogP contribution in [0, 0.1) is 28.7 Å². The van der Waals surface area contributed by atoms with E-state index in [1.165, 1.54) is 12.0 Å². The normalized spacial score (nSPS) is 16.0. The molecule has 3 nitrogen and oxygen atoms in total. The molecule has 1 saturated heterocycles. The fraction of sp³-hybridized carbons (Fsp3) is 0.467. The van der Waals surface area contributed by atoms with E-state index < -0.39 is 0 Å². The van der Waals surface area contributed by atoms with E-state index >= 15 is 0 Å². The third-order valence-electron chi connectivity index (χ3n) is 3.68. The van der Waals surface area contributed by atoms with Crippen LogP contribution in [0.1, 0.15) is 30.4 Å². The summed E-state index contributed by atoms with van der Waals surface area (Å²) in [6.45, 7) is 1.82. The van der Waals surface area contributed by atoms with Gasteiger partial charge in [0.1, 0.15) is 0 Å². The van der Waals surface area contributed by atoms with Crippen LogP contribution in [0.4, 0.5) is 0 Å². The first-order chi connectivity index (χ1) is 8.81. The van der Waals surface area contributed by atoms with E-state index in [1.54, 1.807) is 0 Å². The van der Waals surface area contributed by atoms with Gasteiger partial charge in [0.2, 0.25) is 0 Å². The lowest BCUT2D eigenvalue weighted by atomic mass is 9.90. The van der Waals surface area contributed by atoms with E-state index in [9.17, 15) is 0 Å². The van der Waals surface area contributed by atoms with Crippen molar-refractivity contribution in [1.82, 2.24) is 4.90 Å². The van der Waals surface area contributed by atoms with Gasteiger partial charge in [-0.3, -0.25) is 0 Å². The Kier molecular flexibility index (Phi) is 4.20. The lowest BCUT2D eigenvalue weighted by Gasteiger charge is -2.27. The summed E-state index contributed by atoms with van der Waals surface area (Å²) in [6, 6.07) is 9.99.